The fourth-order valence-electron chi connectivity index (χ4n) is 2.70. The third-order valence-electron chi connectivity index (χ3n) is 3.93. The third kappa shape index (κ3) is 5.93. The van der Waals surface area contributed by atoms with Crippen LogP contribution in [-0.2, 0) is 19.9 Å². The molecule has 1 aromatic carbocycles. The fraction of sp³-hybridized carbons (Fsp3) is 0.471. The summed E-state index contributed by atoms with van der Waals surface area (Å²) in [5.74, 6) is -0.353. The van der Waals surface area contributed by atoms with E-state index in [0.29, 0.717) is 0 Å². The number of sulfonamides is 1. The zero-order valence-electron chi connectivity index (χ0n) is 15.4. The summed E-state index contributed by atoms with van der Waals surface area (Å²) in [6.45, 7) is 5.66. The van der Waals surface area contributed by atoms with E-state index in [9.17, 15) is 16.8 Å². The summed E-state index contributed by atoms with van der Waals surface area (Å²) >= 11 is 0. The van der Waals surface area contributed by atoms with Crippen molar-refractivity contribution in [3.05, 3.63) is 47.3 Å². The first-order valence-corrected chi connectivity index (χ1v) is 12.0. The van der Waals surface area contributed by atoms with Crippen LogP contribution in [0.3, 0.4) is 0 Å². The van der Waals surface area contributed by atoms with Crippen LogP contribution in [0.5, 0.6) is 0 Å². The molecule has 1 aromatic heterocycles. The Labute approximate surface area is 155 Å². The molecule has 0 unspecified atom stereocenters. The molecule has 9 heteroatoms. The maximum Gasteiger partial charge on any atom is 0.212 e. The summed E-state index contributed by atoms with van der Waals surface area (Å²) in [5.41, 5.74) is 3.68. The molecule has 0 saturated heterocycles. The standard InChI is InChI=1S/C17H25N3O4S2/c1-13-12-14(2)20(18-13)17-8-6-16(7-9-17)15(3)19-26(23,24)11-5-10-25(4,21)22/h6-9,12,15,19H,5,10-11H2,1-4H3/t15-/m1/s1. The highest BCUT2D eigenvalue weighted by Crippen LogP contribution is 2.18. The van der Waals surface area contributed by atoms with E-state index in [1.165, 1.54) is 0 Å². The highest BCUT2D eigenvalue weighted by atomic mass is 32.2. The molecule has 1 N–H and O–H groups in total. The Kier molecular flexibility index (Phi) is 6.25. The second kappa shape index (κ2) is 7.89. The smallest absolute Gasteiger partial charge is 0.212 e. The molecule has 26 heavy (non-hydrogen) atoms. The van der Waals surface area contributed by atoms with Crippen LogP contribution in [0.2, 0.25) is 0 Å². The van der Waals surface area contributed by atoms with Crippen LogP contribution >= 0.6 is 0 Å². The summed E-state index contributed by atoms with van der Waals surface area (Å²) in [4.78, 5) is 0. The van der Waals surface area contributed by atoms with Gasteiger partial charge in [-0.2, -0.15) is 5.10 Å². The average molecular weight is 400 g/mol. The van der Waals surface area contributed by atoms with E-state index in [4.69, 9.17) is 0 Å². The number of sulfone groups is 1. The van der Waals surface area contributed by atoms with Gasteiger partial charge in [0.1, 0.15) is 9.84 Å². The quantitative estimate of drug-likeness (QED) is 0.731. The molecule has 0 spiro atoms. The lowest BCUT2D eigenvalue weighted by Crippen LogP contribution is -2.29. The lowest BCUT2D eigenvalue weighted by Gasteiger charge is -2.15. The Morgan fingerprint density at radius 3 is 2.19 bits per heavy atom. The van der Waals surface area contributed by atoms with Gasteiger partial charge in [0.2, 0.25) is 10.0 Å². The predicted molar refractivity (Wildman–Crippen MR) is 103 cm³/mol. The van der Waals surface area contributed by atoms with Gasteiger partial charge >= 0.3 is 0 Å². The molecule has 0 radical (unpaired) electrons. The van der Waals surface area contributed by atoms with Gasteiger partial charge < -0.3 is 0 Å². The number of benzene rings is 1. The van der Waals surface area contributed by atoms with Crippen LogP contribution in [0.25, 0.3) is 5.69 Å². The van der Waals surface area contributed by atoms with Crippen molar-refractivity contribution in [3.63, 3.8) is 0 Å². The first kappa shape index (κ1) is 20.6. The van der Waals surface area contributed by atoms with Gasteiger partial charge in [0.05, 0.1) is 22.9 Å². The SMILES string of the molecule is Cc1cc(C)n(-c2ccc([C@@H](C)NS(=O)(=O)CCCS(C)(=O)=O)cc2)n1. The Hall–Kier alpha value is -1.71. The molecule has 0 aliphatic heterocycles. The van der Waals surface area contributed by atoms with Crippen LogP contribution in [0.4, 0.5) is 0 Å². The lowest BCUT2D eigenvalue weighted by molar-refractivity contribution is 0.565. The van der Waals surface area contributed by atoms with Gasteiger partial charge in [-0.1, -0.05) is 12.1 Å². The number of nitrogens with zero attached hydrogens (tertiary/aromatic N) is 2. The van der Waals surface area contributed by atoms with Crippen molar-refractivity contribution in [2.24, 2.45) is 0 Å². The van der Waals surface area contributed by atoms with Crippen molar-refractivity contribution < 1.29 is 16.8 Å². The molecule has 0 bridgehead atoms. The van der Waals surface area contributed by atoms with Crippen molar-refractivity contribution in [2.45, 2.75) is 33.2 Å². The van der Waals surface area contributed by atoms with Crippen LogP contribution in [0.15, 0.2) is 30.3 Å². The molecule has 1 atom stereocenters. The molecule has 0 aliphatic rings. The van der Waals surface area contributed by atoms with Gasteiger partial charge in [0, 0.05) is 18.0 Å². The Morgan fingerprint density at radius 1 is 1.08 bits per heavy atom. The first-order valence-electron chi connectivity index (χ1n) is 8.28. The summed E-state index contributed by atoms with van der Waals surface area (Å²) in [6, 6.07) is 9.08. The van der Waals surface area contributed by atoms with Crippen LogP contribution in [-0.4, -0.2) is 44.4 Å². The summed E-state index contributed by atoms with van der Waals surface area (Å²) in [6.07, 6.45) is 1.18. The van der Waals surface area contributed by atoms with Crippen molar-refractivity contribution in [1.82, 2.24) is 14.5 Å². The van der Waals surface area contributed by atoms with Gasteiger partial charge in [0.15, 0.2) is 0 Å². The second-order valence-corrected chi connectivity index (χ2v) is 10.7. The fourth-order valence-corrected chi connectivity index (χ4v) is 4.87. The number of aryl methyl sites for hydroxylation is 2. The molecule has 2 rings (SSSR count). The Bertz CT molecular complexity index is 962. The topological polar surface area (TPSA) is 98.1 Å². The van der Waals surface area contributed by atoms with E-state index >= 15 is 0 Å². The van der Waals surface area contributed by atoms with Gasteiger partial charge in [0.25, 0.3) is 0 Å². The van der Waals surface area contributed by atoms with Gasteiger partial charge in [-0.15, -0.1) is 0 Å². The third-order valence-corrected chi connectivity index (χ3v) is 6.50. The molecule has 0 amide bonds. The first-order chi connectivity index (χ1) is 12.0. The predicted octanol–water partition coefficient (Wildman–Crippen LogP) is 1.90. The highest BCUT2D eigenvalue weighted by molar-refractivity contribution is 7.91. The zero-order valence-corrected chi connectivity index (χ0v) is 17.1. The summed E-state index contributed by atoms with van der Waals surface area (Å²) in [7, 11) is -6.71. The minimum absolute atomic E-state index is 0.0811. The molecule has 0 aliphatic carbocycles. The highest BCUT2D eigenvalue weighted by Gasteiger charge is 2.17. The van der Waals surface area contributed by atoms with Crippen LogP contribution in [0, 0.1) is 13.8 Å². The van der Waals surface area contributed by atoms with Crippen LogP contribution < -0.4 is 4.72 Å². The van der Waals surface area contributed by atoms with Gasteiger partial charge in [-0.05, 0) is 51.0 Å². The Balaban J connectivity index is 2.03. The molecule has 144 valence electrons. The molecular weight excluding hydrogens is 374 g/mol. The van der Waals surface area contributed by atoms with Crippen LogP contribution in [0.1, 0.15) is 36.3 Å². The maximum absolute atomic E-state index is 12.1. The maximum atomic E-state index is 12.1. The minimum Gasteiger partial charge on any atom is -0.238 e. The number of hydrogen-bond donors (Lipinski definition) is 1. The summed E-state index contributed by atoms with van der Waals surface area (Å²) < 4.78 is 50.9. The van der Waals surface area contributed by atoms with Crippen molar-refractivity contribution in [3.8, 4) is 5.69 Å². The van der Waals surface area contributed by atoms with E-state index in [-0.39, 0.29) is 17.9 Å². The largest absolute Gasteiger partial charge is 0.238 e. The summed E-state index contributed by atoms with van der Waals surface area (Å²) in [5, 5.41) is 4.42. The van der Waals surface area contributed by atoms with Gasteiger partial charge in [-0.3, -0.25) is 0 Å². The molecule has 7 nitrogen and oxygen atoms in total. The molecule has 0 saturated carbocycles. The number of aromatic nitrogens is 2. The van der Waals surface area contributed by atoms with E-state index in [0.717, 1.165) is 28.9 Å². The van der Waals surface area contributed by atoms with Crippen molar-refractivity contribution in [1.29, 1.82) is 0 Å². The van der Waals surface area contributed by atoms with Gasteiger partial charge in [-0.25, -0.2) is 26.2 Å². The Morgan fingerprint density at radius 2 is 1.69 bits per heavy atom. The van der Waals surface area contributed by atoms with E-state index in [1.807, 2.05) is 48.9 Å². The van der Waals surface area contributed by atoms with Crippen molar-refractivity contribution >= 4 is 19.9 Å². The number of nitrogens with one attached hydrogen (secondary N) is 1. The van der Waals surface area contributed by atoms with Crippen molar-refractivity contribution in [2.75, 3.05) is 17.8 Å². The zero-order chi connectivity index (χ0) is 19.5. The van der Waals surface area contributed by atoms with E-state index in [2.05, 4.69) is 9.82 Å². The molecule has 2 aromatic rings. The van der Waals surface area contributed by atoms with E-state index < -0.39 is 25.9 Å². The number of rotatable bonds is 8. The molecular formula is C17H25N3O4S2. The monoisotopic (exact) mass is 399 g/mol. The normalized spacial score (nSPS) is 13.7. The average Bonchev–Trinajstić information content (AvgIpc) is 2.84. The minimum atomic E-state index is -3.55. The van der Waals surface area contributed by atoms with E-state index in [1.54, 1.807) is 6.92 Å². The molecule has 1 heterocycles. The molecule has 0 fully saturated rings. The lowest BCUT2D eigenvalue weighted by atomic mass is 10.1. The number of hydrogen-bond acceptors (Lipinski definition) is 5. The second-order valence-electron chi connectivity index (χ2n) is 6.57.